The molecule has 0 bridgehead atoms. The number of phenolic OH excluding ortho intramolecular Hbond substituents is 1. The minimum absolute atomic E-state index is 0.0430. The monoisotopic (exact) mass is 291 g/mol. The highest BCUT2D eigenvalue weighted by Gasteiger charge is 2.27. The van der Waals surface area contributed by atoms with Crippen LogP contribution in [0.3, 0.4) is 0 Å². The Bertz CT molecular complexity index is 533. The summed E-state index contributed by atoms with van der Waals surface area (Å²) in [5.41, 5.74) is 1.32. The molecule has 5 nitrogen and oxygen atoms in total. The van der Waals surface area contributed by atoms with E-state index < -0.39 is 0 Å². The van der Waals surface area contributed by atoms with Gasteiger partial charge in [0.25, 0.3) is 5.91 Å². The van der Waals surface area contributed by atoms with Crippen LogP contribution in [-0.2, 0) is 9.53 Å². The van der Waals surface area contributed by atoms with Crippen LogP contribution in [0.1, 0.15) is 41.6 Å². The molecule has 1 amide bonds. The molecule has 0 heterocycles. The molecule has 21 heavy (non-hydrogen) atoms. The molecule has 1 aromatic rings. The van der Waals surface area contributed by atoms with Crippen molar-refractivity contribution in [2.75, 3.05) is 7.11 Å². The molecule has 1 saturated carbocycles. The number of aryl methyl sites for hydroxylation is 1. The Kier molecular flexibility index (Phi) is 4.83. The average molecular weight is 291 g/mol. The van der Waals surface area contributed by atoms with Gasteiger partial charge in [0, 0.05) is 11.6 Å². The van der Waals surface area contributed by atoms with Gasteiger partial charge in [-0.1, -0.05) is 0 Å². The highest BCUT2D eigenvalue weighted by molar-refractivity contribution is 5.96. The van der Waals surface area contributed by atoms with Crippen molar-refractivity contribution in [2.24, 2.45) is 5.92 Å². The Morgan fingerprint density at radius 1 is 1.24 bits per heavy atom. The quantitative estimate of drug-likeness (QED) is 0.837. The van der Waals surface area contributed by atoms with Gasteiger partial charge in [-0.25, -0.2) is 0 Å². The minimum atomic E-state index is -0.158. The Balaban J connectivity index is 1.91. The number of esters is 1. The van der Waals surface area contributed by atoms with Gasteiger partial charge in [0.2, 0.25) is 0 Å². The van der Waals surface area contributed by atoms with Crippen molar-refractivity contribution in [1.82, 2.24) is 5.32 Å². The van der Waals surface area contributed by atoms with Crippen molar-refractivity contribution in [1.29, 1.82) is 0 Å². The molecule has 1 aliphatic rings. The average Bonchev–Trinajstić information content (AvgIpc) is 2.47. The van der Waals surface area contributed by atoms with Gasteiger partial charge >= 0.3 is 5.97 Å². The zero-order chi connectivity index (χ0) is 15.4. The molecule has 1 aromatic carbocycles. The first-order chi connectivity index (χ1) is 10.0. The van der Waals surface area contributed by atoms with E-state index >= 15 is 0 Å². The van der Waals surface area contributed by atoms with Gasteiger partial charge in [0.05, 0.1) is 13.0 Å². The van der Waals surface area contributed by atoms with E-state index in [1.807, 2.05) is 0 Å². The molecule has 114 valence electrons. The summed E-state index contributed by atoms with van der Waals surface area (Å²) in [6.45, 7) is 1.79. The van der Waals surface area contributed by atoms with E-state index in [1.165, 1.54) is 13.2 Å². The normalized spacial score (nSPS) is 21.6. The maximum absolute atomic E-state index is 12.2. The zero-order valence-electron chi connectivity index (χ0n) is 12.4. The van der Waals surface area contributed by atoms with Crippen LogP contribution in [0, 0.1) is 12.8 Å². The van der Waals surface area contributed by atoms with Gasteiger partial charge < -0.3 is 15.2 Å². The molecular weight excluding hydrogens is 270 g/mol. The summed E-state index contributed by atoms with van der Waals surface area (Å²) in [5.74, 6) is -0.177. The number of phenols is 1. The van der Waals surface area contributed by atoms with E-state index in [2.05, 4.69) is 5.32 Å². The molecule has 0 atom stereocenters. The van der Waals surface area contributed by atoms with Crippen molar-refractivity contribution in [2.45, 2.75) is 38.6 Å². The van der Waals surface area contributed by atoms with Gasteiger partial charge in [0.1, 0.15) is 5.75 Å². The fourth-order valence-electron chi connectivity index (χ4n) is 2.81. The number of carbonyl (C=O) groups is 2. The second kappa shape index (κ2) is 6.61. The molecule has 0 saturated heterocycles. The van der Waals surface area contributed by atoms with Crippen LogP contribution in [0.2, 0.25) is 0 Å². The largest absolute Gasteiger partial charge is 0.508 e. The molecule has 0 spiro atoms. The molecule has 0 unspecified atom stereocenters. The Hall–Kier alpha value is -2.04. The van der Waals surface area contributed by atoms with Gasteiger partial charge in [-0.05, 0) is 56.4 Å². The number of hydrogen-bond acceptors (Lipinski definition) is 4. The highest BCUT2D eigenvalue weighted by atomic mass is 16.5. The third-order valence-corrected chi connectivity index (χ3v) is 4.05. The lowest BCUT2D eigenvalue weighted by Crippen LogP contribution is -2.39. The first kappa shape index (κ1) is 15.4. The van der Waals surface area contributed by atoms with E-state index in [0.717, 1.165) is 31.2 Å². The van der Waals surface area contributed by atoms with Gasteiger partial charge in [-0.3, -0.25) is 9.59 Å². The van der Waals surface area contributed by atoms with Crippen LogP contribution in [0.15, 0.2) is 18.2 Å². The molecule has 1 fully saturated rings. The van der Waals surface area contributed by atoms with E-state index in [-0.39, 0.29) is 29.6 Å². The molecule has 0 aliphatic heterocycles. The lowest BCUT2D eigenvalue weighted by molar-refractivity contribution is -0.146. The van der Waals surface area contributed by atoms with Crippen LogP contribution in [-0.4, -0.2) is 30.1 Å². The zero-order valence-corrected chi connectivity index (χ0v) is 12.4. The van der Waals surface area contributed by atoms with Crippen molar-refractivity contribution >= 4 is 11.9 Å². The second-order valence-electron chi connectivity index (χ2n) is 5.54. The number of rotatable bonds is 3. The van der Waals surface area contributed by atoms with Crippen LogP contribution in [0.25, 0.3) is 0 Å². The second-order valence-corrected chi connectivity index (χ2v) is 5.54. The van der Waals surface area contributed by atoms with Crippen molar-refractivity contribution < 1.29 is 19.4 Å². The van der Waals surface area contributed by atoms with Crippen molar-refractivity contribution in [3.63, 3.8) is 0 Å². The van der Waals surface area contributed by atoms with Crippen molar-refractivity contribution in [3.05, 3.63) is 29.3 Å². The third kappa shape index (κ3) is 3.74. The van der Waals surface area contributed by atoms with Crippen molar-refractivity contribution in [3.8, 4) is 5.75 Å². The third-order valence-electron chi connectivity index (χ3n) is 4.05. The Morgan fingerprint density at radius 3 is 2.48 bits per heavy atom. The molecule has 2 N–H and O–H groups in total. The summed E-state index contributed by atoms with van der Waals surface area (Å²) in [4.78, 5) is 23.7. The first-order valence-electron chi connectivity index (χ1n) is 7.19. The number of amides is 1. The molecule has 2 rings (SSSR count). The van der Waals surface area contributed by atoms with Gasteiger partial charge in [-0.2, -0.15) is 0 Å². The Morgan fingerprint density at radius 2 is 1.90 bits per heavy atom. The fourth-order valence-corrected chi connectivity index (χ4v) is 2.81. The standard InChI is InChI=1S/C16H21NO4/c1-10-9-13(18)7-8-14(10)15(19)17-12-5-3-11(4-6-12)16(20)21-2/h7-9,11-12,18H,3-6H2,1-2H3,(H,17,19). The van der Waals surface area contributed by atoms with Crippen LogP contribution >= 0.6 is 0 Å². The van der Waals surface area contributed by atoms with Gasteiger partial charge in [-0.15, -0.1) is 0 Å². The molecule has 1 aliphatic carbocycles. The summed E-state index contributed by atoms with van der Waals surface area (Å²) >= 11 is 0. The van der Waals surface area contributed by atoms with E-state index in [1.54, 1.807) is 19.1 Å². The van der Waals surface area contributed by atoms with Crippen LogP contribution < -0.4 is 5.32 Å². The number of hydrogen-bond donors (Lipinski definition) is 2. The predicted molar refractivity (Wildman–Crippen MR) is 78.1 cm³/mol. The van der Waals surface area contributed by atoms with E-state index in [4.69, 9.17) is 4.74 Å². The first-order valence-corrected chi connectivity index (χ1v) is 7.19. The number of methoxy groups -OCH3 is 1. The summed E-state index contributed by atoms with van der Waals surface area (Å²) in [6.07, 6.45) is 3.05. The summed E-state index contributed by atoms with van der Waals surface area (Å²) in [5, 5.41) is 12.4. The number of nitrogens with one attached hydrogen (secondary N) is 1. The van der Waals surface area contributed by atoms with Gasteiger partial charge in [0.15, 0.2) is 0 Å². The number of benzene rings is 1. The summed E-state index contributed by atoms with van der Waals surface area (Å²) < 4.78 is 4.75. The number of carbonyl (C=O) groups excluding carboxylic acids is 2. The van der Waals surface area contributed by atoms with Crippen LogP contribution in [0.4, 0.5) is 0 Å². The maximum atomic E-state index is 12.2. The maximum Gasteiger partial charge on any atom is 0.308 e. The summed E-state index contributed by atoms with van der Waals surface area (Å²) in [6, 6.07) is 4.80. The molecule has 0 radical (unpaired) electrons. The summed E-state index contributed by atoms with van der Waals surface area (Å²) in [7, 11) is 1.41. The predicted octanol–water partition coefficient (Wildman–Crippen LogP) is 2.16. The molecule has 5 heteroatoms. The fraction of sp³-hybridized carbons (Fsp3) is 0.500. The molecule has 0 aromatic heterocycles. The smallest absolute Gasteiger partial charge is 0.308 e. The van der Waals surface area contributed by atoms with E-state index in [0.29, 0.717) is 5.56 Å². The van der Waals surface area contributed by atoms with Crippen LogP contribution in [0.5, 0.6) is 5.75 Å². The number of ether oxygens (including phenoxy) is 1. The Labute approximate surface area is 124 Å². The van der Waals surface area contributed by atoms with E-state index in [9.17, 15) is 14.7 Å². The number of aromatic hydroxyl groups is 1. The lowest BCUT2D eigenvalue weighted by atomic mass is 9.86. The lowest BCUT2D eigenvalue weighted by Gasteiger charge is -2.27. The SMILES string of the molecule is COC(=O)C1CCC(NC(=O)c2ccc(O)cc2C)CC1. The topological polar surface area (TPSA) is 75.6 Å². The molecular formula is C16H21NO4. The highest BCUT2D eigenvalue weighted by Crippen LogP contribution is 2.25. The minimum Gasteiger partial charge on any atom is -0.508 e.